The van der Waals surface area contributed by atoms with Crippen molar-refractivity contribution in [3.63, 3.8) is 0 Å². The van der Waals surface area contributed by atoms with Gasteiger partial charge in [-0.2, -0.15) is 0 Å². The second kappa shape index (κ2) is 10.5. The molecular formula is C25H24N4O5S. The van der Waals surface area contributed by atoms with Crippen molar-refractivity contribution in [3.8, 4) is 17.2 Å². The molecule has 0 spiro atoms. The van der Waals surface area contributed by atoms with E-state index in [0.29, 0.717) is 23.0 Å². The number of aromatic nitrogens is 2. The molecule has 0 saturated heterocycles. The van der Waals surface area contributed by atoms with Gasteiger partial charge < -0.3 is 14.8 Å². The highest BCUT2D eigenvalue weighted by molar-refractivity contribution is 7.99. The lowest BCUT2D eigenvalue weighted by atomic mass is 10.1. The fourth-order valence-corrected chi connectivity index (χ4v) is 4.47. The molecule has 4 rings (SSSR count). The summed E-state index contributed by atoms with van der Waals surface area (Å²) in [5.74, 6) is 0.697. The third-order valence-electron chi connectivity index (χ3n) is 5.26. The van der Waals surface area contributed by atoms with Gasteiger partial charge in [-0.3, -0.25) is 19.5 Å². The number of anilines is 1. The van der Waals surface area contributed by atoms with E-state index in [-0.39, 0.29) is 23.1 Å². The molecule has 180 valence electrons. The number of hydrogen-bond donors (Lipinski definition) is 1. The number of benzene rings is 3. The largest absolute Gasteiger partial charge is 0.494 e. The van der Waals surface area contributed by atoms with Crippen molar-refractivity contribution in [2.45, 2.75) is 19.0 Å². The van der Waals surface area contributed by atoms with Crippen LogP contribution in [0.3, 0.4) is 0 Å². The standard InChI is InChI=1S/C25H24N4O5S/c1-4-34-18-11-9-17(10-12-18)28-21-8-6-5-7-19(21)27-25(28)35-15-24(30)26-20-14-23(33-3)22(29(31)32)13-16(20)2/h5-14H,4,15H2,1-3H3,(H,26,30). The molecule has 0 saturated carbocycles. The predicted octanol–water partition coefficient (Wildman–Crippen LogP) is 5.38. The maximum atomic E-state index is 12.8. The third kappa shape index (κ3) is 5.22. The number of methoxy groups -OCH3 is 1. The Kier molecular flexibility index (Phi) is 7.21. The van der Waals surface area contributed by atoms with Crippen LogP contribution in [-0.2, 0) is 4.79 Å². The van der Waals surface area contributed by atoms with E-state index in [1.165, 1.54) is 31.0 Å². The van der Waals surface area contributed by atoms with Crippen molar-refractivity contribution in [1.29, 1.82) is 0 Å². The zero-order chi connectivity index (χ0) is 24.9. The predicted molar refractivity (Wildman–Crippen MR) is 136 cm³/mol. The van der Waals surface area contributed by atoms with Crippen LogP contribution in [-0.4, -0.2) is 39.9 Å². The third-order valence-corrected chi connectivity index (χ3v) is 6.20. The van der Waals surface area contributed by atoms with Gasteiger partial charge in [0, 0.05) is 23.5 Å². The highest BCUT2D eigenvalue weighted by Gasteiger charge is 2.19. The minimum absolute atomic E-state index is 0.0841. The average Bonchev–Trinajstić information content (AvgIpc) is 3.23. The summed E-state index contributed by atoms with van der Waals surface area (Å²) >= 11 is 1.30. The van der Waals surface area contributed by atoms with E-state index in [1.807, 2.05) is 60.0 Å². The number of imidazole rings is 1. The topological polar surface area (TPSA) is 109 Å². The number of nitro benzene ring substituents is 1. The first kappa shape index (κ1) is 24.1. The van der Waals surface area contributed by atoms with E-state index in [4.69, 9.17) is 14.5 Å². The number of carbonyl (C=O) groups excluding carboxylic acids is 1. The summed E-state index contributed by atoms with van der Waals surface area (Å²) in [5.41, 5.74) is 3.52. The molecule has 0 radical (unpaired) electrons. The van der Waals surface area contributed by atoms with E-state index in [1.54, 1.807) is 6.92 Å². The number of ether oxygens (including phenoxy) is 2. The summed E-state index contributed by atoms with van der Waals surface area (Å²) in [4.78, 5) is 28.2. The first-order chi connectivity index (χ1) is 16.9. The fraction of sp³-hybridized carbons (Fsp3) is 0.200. The second-order valence-electron chi connectivity index (χ2n) is 7.58. The lowest BCUT2D eigenvalue weighted by Gasteiger charge is -2.12. The van der Waals surface area contributed by atoms with Crippen molar-refractivity contribution in [3.05, 3.63) is 76.3 Å². The van der Waals surface area contributed by atoms with Gasteiger partial charge in [-0.25, -0.2) is 4.98 Å². The van der Waals surface area contributed by atoms with Crippen LogP contribution < -0.4 is 14.8 Å². The number of fused-ring (bicyclic) bond motifs is 1. The Labute approximate surface area is 206 Å². The zero-order valence-electron chi connectivity index (χ0n) is 19.5. The highest BCUT2D eigenvalue weighted by Crippen LogP contribution is 2.33. The Balaban J connectivity index is 1.56. The second-order valence-corrected chi connectivity index (χ2v) is 8.52. The number of nitrogens with one attached hydrogen (secondary N) is 1. The van der Waals surface area contributed by atoms with Crippen LogP contribution in [0.4, 0.5) is 11.4 Å². The molecule has 0 fully saturated rings. The van der Waals surface area contributed by atoms with Crippen LogP contribution in [0.2, 0.25) is 0 Å². The molecule has 1 amide bonds. The van der Waals surface area contributed by atoms with Crippen LogP contribution in [0.25, 0.3) is 16.7 Å². The summed E-state index contributed by atoms with van der Waals surface area (Å²) in [7, 11) is 1.35. The molecule has 0 aliphatic heterocycles. The van der Waals surface area contributed by atoms with Gasteiger partial charge in [-0.1, -0.05) is 23.9 Å². The van der Waals surface area contributed by atoms with Crippen molar-refractivity contribution in [2.75, 3.05) is 24.8 Å². The molecule has 0 aliphatic rings. The van der Waals surface area contributed by atoms with Crippen molar-refractivity contribution in [1.82, 2.24) is 9.55 Å². The molecule has 35 heavy (non-hydrogen) atoms. The number of para-hydroxylation sites is 2. The molecule has 0 unspecified atom stereocenters. The van der Waals surface area contributed by atoms with Crippen molar-refractivity contribution in [2.24, 2.45) is 0 Å². The summed E-state index contributed by atoms with van der Waals surface area (Å²) in [5, 5.41) is 14.7. The maximum Gasteiger partial charge on any atom is 0.311 e. The van der Waals surface area contributed by atoms with Gasteiger partial charge in [0.15, 0.2) is 10.9 Å². The van der Waals surface area contributed by atoms with Gasteiger partial charge in [0.05, 0.1) is 35.4 Å². The van der Waals surface area contributed by atoms with Crippen LogP contribution in [0.15, 0.2) is 65.8 Å². The Hall–Kier alpha value is -4.05. The van der Waals surface area contributed by atoms with E-state index < -0.39 is 4.92 Å². The Bertz CT molecular complexity index is 1380. The van der Waals surface area contributed by atoms with E-state index in [9.17, 15) is 14.9 Å². The molecule has 1 aromatic heterocycles. The molecule has 1 N–H and O–H groups in total. The lowest BCUT2D eigenvalue weighted by molar-refractivity contribution is -0.385. The molecular weight excluding hydrogens is 468 g/mol. The first-order valence-electron chi connectivity index (χ1n) is 10.9. The Morgan fingerprint density at radius 3 is 2.60 bits per heavy atom. The molecule has 4 aromatic rings. The van der Waals surface area contributed by atoms with Crippen molar-refractivity contribution >= 4 is 40.1 Å². The normalized spacial score (nSPS) is 10.8. The lowest BCUT2D eigenvalue weighted by Crippen LogP contribution is -2.15. The number of nitro groups is 1. The fourth-order valence-electron chi connectivity index (χ4n) is 3.64. The number of nitrogens with zero attached hydrogens (tertiary/aromatic N) is 3. The molecule has 10 heteroatoms. The van der Waals surface area contributed by atoms with Crippen LogP contribution in [0.5, 0.6) is 11.5 Å². The van der Waals surface area contributed by atoms with E-state index in [0.717, 1.165) is 22.5 Å². The van der Waals surface area contributed by atoms with Gasteiger partial charge in [0.25, 0.3) is 0 Å². The number of rotatable bonds is 9. The summed E-state index contributed by atoms with van der Waals surface area (Å²) in [6, 6.07) is 18.3. The van der Waals surface area contributed by atoms with Gasteiger partial charge in [-0.15, -0.1) is 0 Å². The minimum atomic E-state index is -0.515. The molecule has 1 heterocycles. The minimum Gasteiger partial charge on any atom is -0.494 e. The zero-order valence-corrected chi connectivity index (χ0v) is 20.3. The van der Waals surface area contributed by atoms with Crippen LogP contribution >= 0.6 is 11.8 Å². The molecule has 0 bridgehead atoms. The van der Waals surface area contributed by atoms with Crippen LogP contribution in [0.1, 0.15) is 12.5 Å². The van der Waals surface area contributed by atoms with E-state index in [2.05, 4.69) is 5.32 Å². The van der Waals surface area contributed by atoms with E-state index >= 15 is 0 Å². The summed E-state index contributed by atoms with van der Waals surface area (Å²) < 4.78 is 12.7. The van der Waals surface area contributed by atoms with Gasteiger partial charge in [0.1, 0.15) is 5.75 Å². The molecule has 0 aliphatic carbocycles. The quantitative estimate of drug-likeness (QED) is 0.190. The monoisotopic (exact) mass is 492 g/mol. The SMILES string of the molecule is CCOc1ccc(-n2c(SCC(=O)Nc3cc(OC)c([N+](=O)[O-])cc3C)nc3ccccc32)cc1. The average molecular weight is 493 g/mol. The number of aryl methyl sites for hydroxylation is 1. The summed E-state index contributed by atoms with van der Waals surface area (Å²) in [6.45, 7) is 4.22. The number of carbonyl (C=O) groups is 1. The number of hydrogen-bond acceptors (Lipinski definition) is 7. The smallest absolute Gasteiger partial charge is 0.311 e. The van der Waals surface area contributed by atoms with Gasteiger partial charge >= 0.3 is 5.69 Å². The molecule has 3 aromatic carbocycles. The van der Waals surface area contributed by atoms with Crippen LogP contribution in [0, 0.1) is 17.0 Å². The first-order valence-corrected chi connectivity index (χ1v) is 11.9. The summed E-state index contributed by atoms with van der Waals surface area (Å²) in [6.07, 6.45) is 0. The van der Waals surface area contributed by atoms with Gasteiger partial charge in [-0.05, 0) is 55.8 Å². The maximum absolute atomic E-state index is 12.8. The Morgan fingerprint density at radius 1 is 1.17 bits per heavy atom. The molecule has 0 atom stereocenters. The Morgan fingerprint density at radius 2 is 1.91 bits per heavy atom. The number of thioether (sulfide) groups is 1. The molecule has 9 nitrogen and oxygen atoms in total. The van der Waals surface area contributed by atoms with Gasteiger partial charge in [0.2, 0.25) is 5.91 Å². The van der Waals surface area contributed by atoms with Crippen molar-refractivity contribution < 1.29 is 19.2 Å². The highest BCUT2D eigenvalue weighted by atomic mass is 32.2. The number of amides is 1.